The molecule has 154 valence electrons. The second-order valence-electron chi connectivity index (χ2n) is 8.12. The molecule has 7 rings (SSSR count). The molecule has 1 aliphatic heterocycles. The van der Waals surface area contributed by atoms with Crippen LogP contribution in [0.5, 0.6) is 0 Å². The monoisotopic (exact) mass is 453 g/mol. The minimum absolute atomic E-state index is 0.125. The van der Waals surface area contributed by atoms with Crippen LogP contribution in [0.1, 0.15) is 28.2 Å². The summed E-state index contributed by atoms with van der Waals surface area (Å²) in [5, 5.41) is 12.8. The second kappa shape index (κ2) is 6.16. The maximum Gasteiger partial charge on any atom is 0.241 e. The highest BCUT2D eigenvalue weighted by molar-refractivity contribution is 6.33. The number of hydrogen-bond donors (Lipinski definition) is 1. The summed E-state index contributed by atoms with van der Waals surface area (Å²) in [5.41, 5.74) is 0.110. The van der Waals surface area contributed by atoms with Crippen molar-refractivity contribution in [3.63, 3.8) is 0 Å². The van der Waals surface area contributed by atoms with Gasteiger partial charge in [-0.05, 0) is 35.4 Å². The number of para-hydroxylation sites is 1. The Kier molecular flexibility index (Phi) is 3.77. The number of carbonyl (C=O) groups excluding carboxylic acids is 2. The molecule has 0 unspecified atom stereocenters. The van der Waals surface area contributed by atoms with Crippen LogP contribution in [-0.2, 0) is 15.2 Å². The Morgan fingerprint density at radius 3 is 2.00 bits per heavy atom. The third-order valence-electron chi connectivity index (χ3n) is 6.78. The first kappa shape index (κ1) is 19.0. The Morgan fingerprint density at radius 1 is 0.839 bits per heavy atom. The van der Waals surface area contributed by atoms with Crippen molar-refractivity contribution in [1.29, 1.82) is 0 Å². The highest BCUT2D eigenvalue weighted by Gasteiger charge is 2.69. The van der Waals surface area contributed by atoms with Crippen molar-refractivity contribution in [3.8, 4) is 0 Å². The summed E-state index contributed by atoms with van der Waals surface area (Å²) in [6.07, 6.45) is 0. The molecule has 4 nitrogen and oxygen atoms in total. The van der Waals surface area contributed by atoms with Gasteiger partial charge < -0.3 is 5.11 Å². The zero-order chi connectivity index (χ0) is 21.7. The predicted octanol–water partition coefficient (Wildman–Crippen LogP) is 4.63. The van der Waals surface area contributed by atoms with Crippen LogP contribution in [0.15, 0.2) is 60.7 Å². The number of carbonyl (C=O) groups is 2. The van der Waals surface area contributed by atoms with E-state index in [2.05, 4.69) is 0 Å². The number of anilines is 1. The van der Waals surface area contributed by atoms with Crippen LogP contribution >= 0.6 is 23.2 Å². The van der Waals surface area contributed by atoms with Crippen LogP contribution in [0.25, 0.3) is 0 Å². The summed E-state index contributed by atoms with van der Waals surface area (Å²) in [4.78, 5) is 28.1. The third-order valence-corrected chi connectivity index (χ3v) is 7.41. The standard InChI is InChI=1S/C24H14Cl2FNO3/c25-13-7-3-5-11-17-12-6-4-8-14(26)20(12)24(31,19(11)13)21-18(17)22(29)28(23(21)30)16-10-2-1-9-15(16)27/h1-10,17-18,21,31H/t17?,18-,21+,24?/m0/s1. The zero-order valence-electron chi connectivity index (χ0n) is 15.9. The van der Waals surface area contributed by atoms with E-state index in [0.29, 0.717) is 32.3 Å². The lowest BCUT2D eigenvalue weighted by Gasteiger charge is -2.51. The number of halogens is 3. The number of aliphatic hydroxyl groups is 1. The highest BCUT2D eigenvalue weighted by Crippen LogP contribution is 2.65. The molecule has 0 spiro atoms. The molecule has 3 aliphatic carbocycles. The van der Waals surface area contributed by atoms with Gasteiger partial charge in [-0.3, -0.25) is 9.59 Å². The van der Waals surface area contributed by atoms with Gasteiger partial charge in [0.15, 0.2) is 0 Å². The topological polar surface area (TPSA) is 57.6 Å². The van der Waals surface area contributed by atoms with Gasteiger partial charge in [0.1, 0.15) is 11.4 Å². The van der Waals surface area contributed by atoms with Crippen molar-refractivity contribution in [2.75, 3.05) is 4.90 Å². The Bertz CT molecular complexity index is 1270. The van der Waals surface area contributed by atoms with Crippen molar-refractivity contribution in [2.24, 2.45) is 11.8 Å². The molecule has 31 heavy (non-hydrogen) atoms. The van der Waals surface area contributed by atoms with Gasteiger partial charge in [0, 0.05) is 27.1 Å². The summed E-state index contributed by atoms with van der Waals surface area (Å²) in [7, 11) is 0. The SMILES string of the molecule is O=C1[C@H]2C3c4cccc(Cl)c4C(O)(c4c(Cl)cccc43)[C@H]2C(=O)N1c1ccccc1F. The van der Waals surface area contributed by atoms with Crippen LogP contribution in [-0.4, -0.2) is 16.9 Å². The van der Waals surface area contributed by atoms with Crippen molar-refractivity contribution in [2.45, 2.75) is 11.5 Å². The number of hydrogen-bond acceptors (Lipinski definition) is 3. The molecule has 3 aromatic rings. The molecular weight excluding hydrogens is 440 g/mol. The lowest BCUT2D eigenvalue weighted by molar-refractivity contribution is -0.133. The van der Waals surface area contributed by atoms with Gasteiger partial charge in [0.05, 0.1) is 17.5 Å². The summed E-state index contributed by atoms with van der Waals surface area (Å²) in [6.45, 7) is 0. The normalized spacial score (nSPS) is 27.9. The molecule has 1 N–H and O–H groups in total. The van der Waals surface area contributed by atoms with E-state index in [9.17, 15) is 19.1 Å². The number of nitrogens with zero attached hydrogens (tertiary/aromatic N) is 1. The van der Waals surface area contributed by atoms with Crippen molar-refractivity contribution >= 4 is 40.7 Å². The number of imide groups is 1. The van der Waals surface area contributed by atoms with E-state index in [0.717, 1.165) is 4.90 Å². The molecule has 2 bridgehead atoms. The molecule has 4 aliphatic rings. The minimum Gasteiger partial charge on any atom is -0.379 e. The van der Waals surface area contributed by atoms with E-state index in [1.807, 2.05) is 0 Å². The summed E-state index contributed by atoms with van der Waals surface area (Å²) in [6, 6.07) is 16.0. The zero-order valence-corrected chi connectivity index (χ0v) is 17.4. The van der Waals surface area contributed by atoms with Crippen LogP contribution in [0.2, 0.25) is 10.0 Å². The minimum atomic E-state index is -1.91. The molecule has 3 aromatic carbocycles. The average Bonchev–Trinajstić information content (AvgIpc) is 3.00. The van der Waals surface area contributed by atoms with Gasteiger partial charge in [-0.2, -0.15) is 0 Å². The maximum absolute atomic E-state index is 14.6. The number of amides is 2. The first-order valence-corrected chi connectivity index (χ1v) is 10.6. The fourth-order valence-corrected chi connectivity index (χ4v) is 6.38. The third kappa shape index (κ3) is 2.14. The number of benzene rings is 3. The molecule has 0 radical (unpaired) electrons. The van der Waals surface area contributed by atoms with Gasteiger partial charge >= 0.3 is 0 Å². The molecule has 0 aromatic heterocycles. The lowest BCUT2D eigenvalue weighted by atomic mass is 9.52. The van der Waals surface area contributed by atoms with Crippen molar-refractivity contribution in [1.82, 2.24) is 0 Å². The van der Waals surface area contributed by atoms with Crippen molar-refractivity contribution in [3.05, 3.63) is 98.8 Å². The smallest absolute Gasteiger partial charge is 0.241 e. The number of rotatable bonds is 1. The largest absolute Gasteiger partial charge is 0.379 e. The molecule has 0 saturated carbocycles. The Morgan fingerprint density at radius 2 is 1.42 bits per heavy atom. The van der Waals surface area contributed by atoms with E-state index >= 15 is 0 Å². The van der Waals surface area contributed by atoms with Crippen LogP contribution in [0.3, 0.4) is 0 Å². The molecule has 1 heterocycles. The van der Waals surface area contributed by atoms with Crippen LogP contribution < -0.4 is 4.90 Å². The maximum atomic E-state index is 14.6. The Hall–Kier alpha value is -2.73. The van der Waals surface area contributed by atoms with Gasteiger partial charge in [-0.25, -0.2) is 9.29 Å². The van der Waals surface area contributed by atoms with Gasteiger partial charge in [-0.1, -0.05) is 59.6 Å². The molecule has 1 fully saturated rings. The van der Waals surface area contributed by atoms with Gasteiger partial charge in [-0.15, -0.1) is 0 Å². The van der Waals surface area contributed by atoms with E-state index < -0.39 is 41.0 Å². The predicted molar refractivity (Wildman–Crippen MR) is 114 cm³/mol. The molecule has 7 heteroatoms. The molecular formula is C24H14Cl2FNO3. The van der Waals surface area contributed by atoms with Crippen LogP contribution in [0.4, 0.5) is 10.1 Å². The van der Waals surface area contributed by atoms with Crippen molar-refractivity contribution < 1.29 is 19.1 Å². The highest BCUT2D eigenvalue weighted by atomic mass is 35.5. The first-order chi connectivity index (χ1) is 14.9. The summed E-state index contributed by atoms with van der Waals surface area (Å²) < 4.78 is 14.6. The second-order valence-corrected chi connectivity index (χ2v) is 8.93. The fraction of sp³-hybridized carbons (Fsp3) is 0.167. The van der Waals surface area contributed by atoms with Crippen LogP contribution in [0, 0.1) is 17.7 Å². The van der Waals surface area contributed by atoms with E-state index in [-0.39, 0.29) is 5.69 Å². The summed E-state index contributed by atoms with van der Waals surface area (Å²) in [5.74, 6) is -4.48. The Labute approximate surface area is 186 Å². The van der Waals surface area contributed by atoms with E-state index in [1.54, 1.807) is 42.5 Å². The van der Waals surface area contributed by atoms with Gasteiger partial charge in [0.2, 0.25) is 11.8 Å². The molecule has 2 atom stereocenters. The molecule has 1 saturated heterocycles. The quantitative estimate of drug-likeness (QED) is 0.546. The van der Waals surface area contributed by atoms with E-state index in [4.69, 9.17) is 23.2 Å². The first-order valence-electron chi connectivity index (χ1n) is 9.80. The Balaban J connectivity index is 1.68. The molecule has 2 amide bonds. The average molecular weight is 454 g/mol. The fourth-order valence-electron chi connectivity index (χ4n) is 5.73. The summed E-state index contributed by atoms with van der Waals surface area (Å²) >= 11 is 13.0. The van der Waals surface area contributed by atoms with E-state index in [1.165, 1.54) is 18.2 Å². The lowest BCUT2D eigenvalue weighted by Crippen LogP contribution is -2.54. The van der Waals surface area contributed by atoms with Gasteiger partial charge in [0.25, 0.3) is 0 Å².